The van der Waals surface area contributed by atoms with Gasteiger partial charge in [-0.3, -0.25) is 0 Å². The number of hydrogen-bond acceptors (Lipinski definition) is 5. The Labute approximate surface area is 124 Å². The van der Waals surface area contributed by atoms with E-state index in [4.69, 9.17) is 15.6 Å². The van der Waals surface area contributed by atoms with Crippen molar-refractivity contribution in [1.82, 2.24) is 4.98 Å². The third kappa shape index (κ3) is 2.80. The summed E-state index contributed by atoms with van der Waals surface area (Å²) >= 11 is 1.57. The molecule has 106 valence electrons. The number of thiazole rings is 1. The Bertz CT molecular complexity index is 781. The molecule has 0 bridgehead atoms. The maximum atomic E-state index is 10.9. The molecular weight excluding hydrogens is 288 g/mol. The molecule has 0 amide bonds. The van der Waals surface area contributed by atoms with Crippen molar-refractivity contribution in [3.8, 4) is 5.75 Å². The van der Waals surface area contributed by atoms with Gasteiger partial charge in [-0.05, 0) is 24.3 Å². The van der Waals surface area contributed by atoms with E-state index < -0.39 is 5.97 Å². The largest absolute Gasteiger partial charge is 0.486 e. The minimum absolute atomic E-state index is 0.0716. The molecule has 0 fully saturated rings. The van der Waals surface area contributed by atoms with Gasteiger partial charge in [-0.15, -0.1) is 11.3 Å². The lowest BCUT2D eigenvalue weighted by Gasteiger charge is -2.06. The minimum Gasteiger partial charge on any atom is -0.486 e. The molecule has 0 saturated carbocycles. The summed E-state index contributed by atoms with van der Waals surface area (Å²) in [5.74, 6) is -0.526. The molecular formula is C15H12N2O3S. The molecule has 6 heteroatoms. The van der Waals surface area contributed by atoms with Gasteiger partial charge in [0.25, 0.3) is 0 Å². The number of nitrogens with two attached hydrogens (primary N) is 1. The van der Waals surface area contributed by atoms with Crippen LogP contribution in [0.15, 0.2) is 42.5 Å². The van der Waals surface area contributed by atoms with Gasteiger partial charge in [0.1, 0.15) is 17.4 Å². The maximum absolute atomic E-state index is 10.9. The Balaban J connectivity index is 1.75. The lowest BCUT2D eigenvalue weighted by atomic mass is 10.2. The smallest absolute Gasteiger partial charge is 0.337 e. The quantitative estimate of drug-likeness (QED) is 0.723. The van der Waals surface area contributed by atoms with Crippen LogP contribution >= 0.6 is 11.3 Å². The van der Waals surface area contributed by atoms with Crippen LogP contribution in [0.2, 0.25) is 0 Å². The fraction of sp³-hybridized carbons (Fsp3) is 0.0667. The summed E-state index contributed by atoms with van der Waals surface area (Å²) in [6.45, 7) is 0.325. The average molecular weight is 300 g/mol. The van der Waals surface area contributed by atoms with E-state index in [0.717, 1.165) is 15.2 Å². The first-order chi connectivity index (χ1) is 10.1. The number of ether oxygens (including phenoxy) is 1. The fourth-order valence-corrected chi connectivity index (χ4v) is 2.83. The van der Waals surface area contributed by atoms with Crippen LogP contribution in [0.1, 0.15) is 15.4 Å². The minimum atomic E-state index is -1.05. The van der Waals surface area contributed by atoms with Crippen molar-refractivity contribution in [2.75, 3.05) is 5.73 Å². The number of hydrogen-bond donors (Lipinski definition) is 2. The van der Waals surface area contributed by atoms with Gasteiger partial charge in [0.15, 0.2) is 0 Å². The third-order valence-electron chi connectivity index (χ3n) is 2.95. The number of para-hydroxylation sites is 1. The normalized spacial score (nSPS) is 10.7. The Morgan fingerprint density at radius 1 is 1.29 bits per heavy atom. The topological polar surface area (TPSA) is 85.4 Å². The van der Waals surface area contributed by atoms with Crippen molar-refractivity contribution in [3.05, 3.63) is 53.0 Å². The van der Waals surface area contributed by atoms with Gasteiger partial charge in [-0.25, -0.2) is 9.78 Å². The number of anilines is 1. The highest BCUT2D eigenvalue weighted by Gasteiger charge is 2.09. The number of carboxylic acid groups (broad SMARTS) is 1. The lowest BCUT2D eigenvalue weighted by Crippen LogP contribution is -2.03. The summed E-state index contributed by atoms with van der Waals surface area (Å²) in [5.41, 5.74) is 6.88. The number of nitrogen functional groups attached to an aromatic ring is 1. The van der Waals surface area contributed by atoms with Crippen LogP contribution in [0.4, 0.5) is 5.69 Å². The number of fused-ring (bicyclic) bond motifs is 1. The highest BCUT2D eigenvalue weighted by atomic mass is 32.1. The van der Waals surface area contributed by atoms with E-state index in [9.17, 15) is 4.79 Å². The molecule has 3 rings (SSSR count). The number of nitrogens with zero attached hydrogens (tertiary/aromatic N) is 1. The molecule has 0 atom stereocenters. The van der Waals surface area contributed by atoms with Crippen LogP contribution < -0.4 is 10.5 Å². The highest BCUT2D eigenvalue weighted by Crippen LogP contribution is 2.24. The standard InChI is InChI=1S/C15H12N2O3S/c16-11-7-9(5-6-10(11)15(18)19)20-8-14-17-12-3-1-2-4-13(12)21-14/h1-7H,8,16H2,(H,18,19). The summed E-state index contributed by atoms with van der Waals surface area (Å²) in [6, 6.07) is 12.4. The molecule has 3 aromatic rings. The van der Waals surface area contributed by atoms with Gasteiger partial charge in [-0.1, -0.05) is 12.1 Å². The summed E-state index contributed by atoms with van der Waals surface area (Å²) in [6.07, 6.45) is 0. The molecule has 1 heterocycles. The summed E-state index contributed by atoms with van der Waals surface area (Å²) in [4.78, 5) is 15.3. The predicted molar refractivity (Wildman–Crippen MR) is 81.8 cm³/mol. The van der Waals surface area contributed by atoms with E-state index in [-0.39, 0.29) is 11.3 Å². The zero-order valence-electron chi connectivity index (χ0n) is 10.9. The van der Waals surface area contributed by atoms with E-state index in [1.165, 1.54) is 12.1 Å². The monoisotopic (exact) mass is 300 g/mol. The van der Waals surface area contributed by atoms with Gasteiger partial charge < -0.3 is 15.6 Å². The number of benzene rings is 2. The molecule has 5 nitrogen and oxygen atoms in total. The third-order valence-corrected chi connectivity index (χ3v) is 3.96. The summed E-state index contributed by atoms with van der Waals surface area (Å²) < 4.78 is 6.72. The zero-order chi connectivity index (χ0) is 14.8. The second-order valence-corrected chi connectivity index (χ2v) is 5.53. The first-order valence-corrected chi connectivity index (χ1v) is 7.05. The number of aromatic nitrogens is 1. The number of carbonyl (C=O) groups is 1. The van der Waals surface area contributed by atoms with E-state index in [1.807, 2.05) is 24.3 Å². The van der Waals surface area contributed by atoms with Crippen LogP contribution in [-0.2, 0) is 6.61 Å². The molecule has 0 aliphatic carbocycles. The second kappa shape index (κ2) is 5.41. The number of carboxylic acids is 1. The van der Waals surface area contributed by atoms with Crippen LogP contribution in [0.25, 0.3) is 10.2 Å². The molecule has 2 aromatic carbocycles. The van der Waals surface area contributed by atoms with Gasteiger partial charge in [0.2, 0.25) is 0 Å². The van der Waals surface area contributed by atoms with E-state index in [2.05, 4.69) is 4.98 Å². The van der Waals surface area contributed by atoms with Crippen LogP contribution in [0, 0.1) is 0 Å². The first kappa shape index (κ1) is 13.4. The van der Waals surface area contributed by atoms with Gasteiger partial charge in [0.05, 0.1) is 15.8 Å². The second-order valence-electron chi connectivity index (χ2n) is 4.42. The molecule has 0 saturated heterocycles. The van der Waals surface area contributed by atoms with Crippen molar-refractivity contribution in [3.63, 3.8) is 0 Å². The molecule has 0 radical (unpaired) electrons. The highest BCUT2D eigenvalue weighted by molar-refractivity contribution is 7.18. The fourth-order valence-electron chi connectivity index (χ4n) is 1.95. The van der Waals surface area contributed by atoms with E-state index >= 15 is 0 Å². The molecule has 1 aromatic heterocycles. The Kier molecular flexibility index (Phi) is 3.45. The van der Waals surface area contributed by atoms with Crippen LogP contribution in [0.5, 0.6) is 5.75 Å². The van der Waals surface area contributed by atoms with Crippen molar-refractivity contribution in [1.29, 1.82) is 0 Å². The van der Waals surface area contributed by atoms with Crippen LogP contribution in [-0.4, -0.2) is 16.1 Å². The van der Waals surface area contributed by atoms with Crippen molar-refractivity contribution in [2.45, 2.75) is 6.61 Å². The molecule has 3 N–H and O–H groups in total. The average Bonchev–Trinajstić information content (AvgIpc) is 2.87. The predicted octanol–water partition coefficient (Wildman–Crippen LogP) is 3.16. The van der Waals surface area contributed by atoms with Crippen molar-refractivity contribution in [2.24, 2.45) is 0 Å². The molecule has 0 aliphatic rings. The van der Waals surface area contributed by atoms with Crippen molar-refractivity contribution < 1.29 is 14.6 Å². The maximum Gasteiger partial charge on any atom is 0.337 e. The van der Waals surface area contributed by atoms with Gasteiger partial charge in [-0.2, -0.15) is 0 Å². The molecule has 0 unspecified atom stereocenters. The molecule has 0 aliphatic heterocycles. The zero-order valence-corrected chi connectivity index (χ0v) is 11.8. The Morgan fingerprint density at radius 2 is 2.10 bits per heavy atom. The number of rotatable bonds is 4. The van der Waals surface area contributed by atoms with Gasteiger partial charge in [0, 0.05) is 11.8 Å². The van der Waals surface area contributed by atoms with E-state index in [1.54, 1.807) is 17.4 Å². The van der Waals surface area contributed by atoms with E-state index in [0.29, 0.717) is 12.4 Å². The van der Waals surface area contributed by atoms with Crippen LogP contribution in [0.3, 0.4) is 0 Å². The Hall–Kier alpha value is -2.60. The lowest BCUT2D eigenvalue weighted by molar-refractivity contribution is 0.0698. The Morgan fingerprint density at radius 3 is 2.81 bits per heavy atom. The summed E-state index contributed by atoms with van der Waals surface area (Å²) in [7, 11) is 0. The SMILES string of the molecule is Nc1cc(OCc2nc3ccccc3s2)ccc1C(=O)O. The van der Waals surface area contributed by atoms with Crippen molar-refractivity contribution >= 4 is 33.2 Å². The molecule has 21 heavy (non-hydrogen) atoms. The number of aromatic carboxylic acids is 1. The summed E-state index contributed by atoms with van der Waals surface area (Å²) in [5, 5.41) is 9.77. The molecule has 0 spiro atoms. The van der Waals surface area contributed by atoms with Gasteiger partial charge >= 0.3 is 5.97 Å². The first-order valence-electron chi connectivity index (χ1n) is 6.23.